The van der Waals surface area contributed by atoms with E-state index in [0.29, 0.717) is 0 Å². The summed E-state index contributed by atoms with van der Waals surface area (Å²) in [5.41, 5.74) is 2.37. The first-order valence-electron chi connectivity index (χ1n) is 4.44. The van der Waals surface area contributed by atoms with Gasteiger partial charge in [0.1, 0.15) is 5.75 Å². The second-order valence-corrected chi connectivity index (χ2v) is 4.14. The molecule has 1 heterocycles. The molecule has 0 aliphatic carbocycles. The number of aryl methyl sites for hydroxylation is 1. The van der Waals surface area contributed by atoms with Gasteiger partial charge in [-0.3, -0.25) is 0 Å². The predicted molar refractivity (Wildman–Crippen MR) is 57.5 cm³/mol. The van der Waals surface area contributed by atoms with Crippen molar-refractivity contribution in [2.45, 2.75) is 13.3 Å². The molecule has 1 N–H and O–H groups in total. The summed E-state index contributed by atoms with van der Waals surface area (Å²) in [7, 11) is 0. The molecule has 0 radical (unpaired) electrons. The molecule has 1 aliphatic rings. The fraction of sp³-hybridized carbons (Fsp3) is 0.400. The van der Waals surface area contributed by atoms with Crippen molar-refractivity contribution in [2.24, 2.45) is 0 Å². The molecule has 0 atom stereocenters. The lowest BCUT2D eigenvalue weighted by atomic mass is 10.2. The van der Waals surface area contributed by atoms with E-state index in [1.165, 1.54) is 5.56 Å². The number of fused-ring (bicyclic) bond motifs is 1. The molecule has 70 valence electrons. The number of hydrogen-bond acceptors (Lipinski definition) is 2. The number of benzene rings is 1. The van der Waals surface area contributed by atoms with Crippen LogP contribution in [0.4, 0.5) is 5.69 Å². The molecule has 0 amide bonds. The van der Waals surface area contributed by atoms with E-state index < -0.39 is 0 Å². The Morgan fingerprint density at radius 1 is 1.46 bits per heavy atom. The van der Waals surface area contributed by atoms with Gasteiger partial charge in [-0.15, -0.1) is 0 Å². The maximum Gasteiger partial charge on any atom is 0.143 e. The standard InChI is InChI=1S/C10H12BrNO/c1-7-5-8(11)6-9-10(7)12-3-2-4-13-9/h5-6,12H,2-4H2,1H3. The molecule has 3 heteroatoms. The third-order valence-electron chi connectivity index (χ3n) is 2.14. The molecule has 0 spiro atoms. The van der Waals surface area contributed by atoms with Gasteiger partial charge in [0.2, 0.25) is 0 Å². The van der Waals surface area contributed by atoms with E-state index in [4.69, 9.17) is 4.74 Å². The van der Waals surface area contributed by atoms with Crippen LogP contribution in [0.25, 0.3) is 0 Å². The largest absolute Gasteiger partial charge is 0.491 e. The molecule has 2 nitrogen and oxygen atoms in total. The zero-order chi connectivity index (χ0) is 9.26. The van der Waals surface area contributed by atoms with Gasteiger partial charge < -0.3 is 10.1 Å². The molecule has 0 aromatic heterocycles. The van der Waals surface area contributed by atoms with Crippen molar-refractivity contribution in [3.63, 3.8) is 0 Å². The van der Waals surface area contributed by atoms with Crippen molar-refractivity contribution in [1.29, 1.82) is 0 Å². The Hall–Kier alpha value is -0.700. The SMILES string of the molecule is Cc1cc(Br)cc2c1NCCCO2. The van der Waals surface area contributed by atoms with Crippen molar-refractivity contribution in [2.75, 3.05) is 18.5 Å². The van der Waals surface area contributed by atoms with Crippen LogP contribution in [0.1, 0.15) is 12.0 Å². The van der Waals surface area contributed by atoms with Gasteiger partial charge in [0.05, 0.1) is 12.3 Å². The Labute approximate surface area is 86.4 Å². The smallest absolute Gasteiger partial charge is 0.143 e. The summed E-state index contributed by atoms with van der Waals surface area (Å²) < 4.78 is 6.69. The molecule has 2 rings (SSSR count). The van der Waals surface area contributed by atoms with E-state index in [9.17, 15) is 0 Å². The Bertz CT molecular complexity index is 325. The van der Waals surface area contributed by atoms with E-state index >= 15 is 0 Å². The first kappa shape index (κ1) is 8.88. The average Bonchev–Trinajstić information content (AvgIpc) is 2.28. The molecule has 0 bridgehead atoms. The number of anilines is 1. The third kappa shape index (κ3) is 1.80. The maximum absolute atomic E-state index is 5.62. The van der Waals surface area contributed by atoms with E-state index in [1.54, 1.807) is 0 Å². The normalized spacial score (nSPS) is 15.2. The molecule has 0 saturated carbocycles. The van der Waals surface area contributed by atoms with E-state index in [1.807, 2.05) is 6.07 Å². The summed E-state index contributed by atoms with van der Waals surface area (Å²) in [6.45, 7) is 3.89. The number of rotatable bonds is 0. The van der Waals surface area contributed by atoms with Gasteiger partial charge in [-0.25, -0.2) is 0 Å². The van der Waals surface area contributed by atoms with Crippen LogP contribution in [0, 0.1) is 6.92 Å². The zero-order valence-electron chi connectivity index (χ0n) is 7.56. The van der Waals surface area contributed by atoms with Gasteiger partial charge in [-0.05, 0) is 31.0 Å². The summed E-state index contributed by atoms with van der Waals surface area (Å²) in [5.74, 6) is 0.962. The van der Waals surface area contributed by atoms with Gasteiger partial charge in [-0.1, -0.05) is 15.9 Å². The van der Waals surface area contributed by atoms with Crippen molar-refractivity contribution < 1.29 is 4.74 Å². The molecule has 0 saturated heterocycles. The lowest BCUT2D eigenvalue weighted by molar-refractivity contribution is 0.322. The summed E-state index contributed by atoms with van der Waals surface area (Å²) in [5, 5.41) is 3.37. The average molecular weight is 242 g/mol. The van der Waals surface area contributed by atoms with E-state index in [-0.39, 0.29) is 0 Å². The van der Waals surface area contributed by atoms with Crippen LogP contribution in [0.2, 0.25) is 0 Å². The minimum atomic E-state index is 0.801. The lowest BCUT2D eigenvalue weighted by Crippen LogP contribution is -2.01. The molecule has 13 heavy (non-hydrogen) atoms. The fourth-order valence-electron chi connectivity index (χ4n) is 1.52. The highest BCUT2D eigenvalue weighted by molar-refractivity contribution is 9.10. The van der Waals surface area contributed by atoms with Crippen LogP contribution in [0.15, 0.2) is 16.6 Å². The number of hydrogen-bond donors (Lipinski definition) is 1. The minimum absolute atomic E-state index is 0.801. The molecule has 1 aliphatic heterocycles. The Morgan fingerprint density at radius 3 is 3.15 bits per heavy atom. The van der Waals surface area contributed by atoms with Crippen LogP contribution in [0.3, 0.4) is 0 Å². The van der Waals surface area contributed by atoms with Crippen molar-refractivity contribution in [3.05, 3.63) is 22.2 Å². The minimum Gasteiger partial charge on any atom is -0.491 e. The maximum atomic E-state index is 5.62. The summed E-state index contributed by atoms with van der Waals surface area (Å²) in [4.78, 5) is 0. The first-order valence-corrected chi connectivity index (χ1v) is 5.23. The first-order chi connectivity index (χ1) is 6.27. The van der Waals surface area contributed by atoms with Gasteiger partial charge >= 0.3 is 0 Å². The van der Waals surface area contributed by atoms with Crippen molar-refractivity contribution in [3.8, 4) is 5.75 Å². The quantitative estimate of drug-likeness (QED) is 0.755. The highest BCUT2D eigenvalue weighted by Crippen LogP contribution is 2.33. The van der Waals surface area contributed by atoms with Gasteiger partial charge in [0.15, 0.2) is 0 Å². The molecular formula is C10H12BrNO. The van der Waals surface area contributed by atoms with Crippen molar-refractivity contribution in [1.82, 2.24) is 0 Å². The van der Waals surface area contributed by atoms with Gasteiger partial charge in [-0.2, -0.15) is 0 Å². The molecule has 0 fully saturated rings. The lowest BCUT2D eigenvalue weighted by Gasteiger charge is -2.11. The Morgan fingerprint density at radius 2 is 2.31 bits per heavy atom. The molecule has 1 aromatic rings. The van der Waals surface area contributed by atoms with Crippen LogP contribution in [0.5, 0.6) is 5.75 Å². The topological polar surface area (TPSA) is 21.3 Å². The Balaban J connectivity index is 2.47. The third-order valence-corrected chi connectivity index (χ3v) is 2.60. The predicted octanol–water partition coefficient (Wildman–Crippen LogP) is 2.95. The summed E-state index contributed by atoms with van der Waals surface area (Å²) in [6, 6.07) is 4.11. The summed E-state index contributed by atoms with van der Waals surface area (Å²) >= 11 is 3.46. The van der Waals surface area contributed by atoms with Crippen molar-refractivity contribution >= 4 is 21.6 Å². The molecule has 0 unspecified atom stereocenters. The van der Waals surface area contributed by atoms with E-state index in [0.717, 1.165) is 35.5 Å². The molecule has 1 aromatic carbocycles. The van der Waals surface area contributed by atoms with Crippen LogP contribution >= 0.6 is 15.9 Å². The van der Waals surface area contributed by atoms with Gasteiger partial charge in [0.25, 0.3) is 0 Å². The number of halogens is 1. The Kier molecular flexibility index (Phi) is 2.44. The number of nitrogens with one attached hydrogen (secondary N) is 1. The highest BCUT2D eigenvalue weighted by atomic mass is 79.9. The van der Waals surface area contributed by atoms with Gasteiger partial charge in [0, 0.05) is 11.0 Å². The van der Waals surface area contributed by atoms with Crippen LogP contribution in [-0.4, -0.2) is 13.2 Å². The van der Waals surface area contributed by atoms with E-state index in [2.05, 4.69) is 34.2 Å². The fourth-order valence-corrected chi connectivity index (χ4v) is 2.07. The number of ether oxygens (including phenoxy) is 1. The van der Waals surface area contributed by atoms with Crippen LogP contribution in [-0.2, 0) is 0 Å². The second-order valence-electron chi connectivity index (χ2n) is 3.22. The second kappa shape index (κ2) is 3.58. The molecular weight excluding hydrogens is 230 g/mol. The summed E-state index contributed by atoms with van der Waals surface area (Å²) in [6.07, 6.45) is 1.06. The zero-order valence-corrected chi connectivity index (χ0v) is 9.15. The highest BCUT2D eigenvalue weighted by Gasteiger charge is 2.11. The van der Waals surface area contributed by atoms with Crippen LogP contribution < -0.4 is 10.1 Å². The monoisotopic (exact) mass is 241 g/mol.